The maximum absolute atomic E-state index is 12.4. The van der Waals surface area contributed by atoms with E-state index < -0.39 is 23.7 Å². The van der Waals surface area contributed by atoms with Gasteiger partial charge in [-0.05, 0) is 54.9 Å². The van der Waals surface area contributed by atoms with Gasteiger partial charge in [-0.25, -0.2) is 14.4 Å². The summed E-state index contributed by atoms with van der Waals surface area (Å²) < 4.78 is 10.7. The highest BCUT2D eigenvalue weighted by Crippen LogP contribution is 2.28. The lowest BCUT2D eigenvalue weighted by Gasteiger charge is -2.18. The molecular formula is C20H24N2O5. The minimum absolute atomic E-state index is 0.0746. The fraction of sp³-hybridized carbons (Fsp3) is 0.450. The molecule has 0 spiro atoms. The van der Waals surface area contributed by atoms with Crippen LogP contribution in [0.15, 0.2) is 27.4 Å². The fourth-order valence-electron chi connectivity index (χ4n) is 3.52. The van der Waals surface area contributed by atoms with Crippen molar-refractivity contribution in [2.24, 2.45) is 11.7 Å². The summed E-state index contributed by atoms with van der Waals surface area (Å²) in [6, 6.07) is 3.66. The van der Waals surface area contributed by atoms with Crippen LogP contribution in [0.5, 0.6) is 0 Å². The van der Waals surface area contributed by atoms with Crippen molar-refractivity contribution in [2.75, 3.05) is 0 Å². The van der Waals surface area contributed by atoms with E-state index in [1.54, 1.807) is 0 Å². The SMILES string of the molecule is CC(C)C[C@H](NC(N)=O)C(=O)OCc1cc(=O)oc2cc3c(cc12)CCC3. The van der Waals surface area contributed by atoms with Crippen LogP contribution in [0.4, 0.5) is 4.79 Å². The number of carbonyl (C=O) groups is 2. The normalized spacial score (nSPS) is 14.2. The summed E-state index contributed by atoms with van der Waals surface area (Å²) in [5, 5.41) is 3.18. The molecule has 3 N–H and O–H groups in total. The van der Waals surface area contributed by atoms with Gasteiger partial charge in [0.2, 0.25) is 0 Å². The summed E-state index contributed by atoms with van der Waals surface area (Å²) in [5.74, 6) is -0.411. The first-order valence-corrected chi connectivity index (χ1v) is 9.14. The zero-order valence-corrected chi connectivity index (χ0v) is 15.5. The van der Waals surface area contributed by atoms with Crippen LogP contribution < -0.4 is 16.7 Å². The van der Waals surface area contributed by atoms with Crippen LogP contribution in [0.3, 0.4) is 0 Å². The Hall–Kier alpha value is -2.83. The van der Waals surface area contributed by atoms with E-state index in [1.807, 2.05) is 26.0 Å². The lowest BCUT2D eigenvalue weighted by atomic mass is 10.0. The first-order chi connectivity index (χ1) is 12.8. The van der Waals surface area contributed by atoms with Crippen molar-refractivity contribution in [2.45, 2.75) is 52.2 Å². The average Bonchev–Trinajstić information content (AvgIpc) is 3.03. The number of nitrogens with two attached hydrogens (primary N) is 1. The number of hydrogen-bond donors (Lipinski definition) is 2. The smallest absolute Gasteiger partial charge is 0.336 e. The van der Waals surface area contributed by atoms with Crippen molar-refractivity contribution in [3.63, 3.8) is 0 Å². The Morgan fingerprint density at radius 1 is 1.22 bits per heavy atom. The standard InChI is InChI=1S/C20H24N2O5/c1-11(2)6-16(22-20(21)25)19(24)26-10-14-9-18(23)27-17-8-13-5-3-4-12(13)7-15(14)17/h7-9,11,16H,3-6,10H2,1-2H3,(H3,21,22,25)/t16-/m0/s1. The number of ether oxygens (including phenoxy) is 1. The molecule has 0 bridgehead atoms. The molecule has 144 valence electrons. The molecule has 3 rings (SSSR count). The van der Waals surface area contributed by atoms with Crippen LogP contribution >= 0.6 is 0 Å². The number of carbonyl (C=O) groups excluding carboxylic acids is 2. The van der Waals surface area contributed by atoms with Crippen molar-refractivity contribution in [1.82, 2.24) is 5.32 Å². The van der Waals surface area contributed by atoms with Crippen molar-refractivity contribution in [1.29, 1.82) is 0 Å². The molecule has 7 heteroatoms. The molecule has 1 aliphatic carbocycles. The van der Waals surface area contributed by atoms with Crippen LogP contribution in [0.25, 0.3) is 11.0 Å². The Balaban J connectivity index is 1.82. The van der Waals surface area contributed by atoms with Crippen molar-refractivity contribution in [3.8, 4) is 0 Å². The van der Waals surface area contributed by atoms with Crippen LogP contribution in [-0.2, 0) is 29.0 Å². The molecule has 2 amide bonds. The van der Waals surface area contributed by atoms with Gasteiger partial charge in [-0.15, -0.1) is 0 Å². The van der Waals surface area contributed by atoms with E-state index in [2.05, 4.69) is 5.32 Å². The number of esters is 1. The average molecular weight is 372 g/mol. The van der Waals surface area contributed by atoms with Gasteiger partial charge in [0.15, 0.2) is 0 Å². The van der Waals surface area contributed by atoms with Crippen LogP contribution in [0, 0.1) is 5.92 Å². The molecule has 0 aliphatic heterocycles. The molecule has 1 aromatic heterocycles. The highest BCUT2D eigenvalue weighted by molar-refractivity contribution is 5.84. The number of nitrogens with one attached hydrogen (secondary N) is 1. The van der Waals surface area contributed by atoms with E-state index in [-0.39, 0.29) is 12.5 Å². The van der Waals surface area contributed by atoms with Gasteiger partial charge in [0, 0.05) is 17.0 Å². The number of amides is 2. The van der Waals surface area contributed by atoms with E-state index in [9.17, 15) is 14.4 Å². The van der Waals surface area contributed by atoms with E-state index in [4.69, 9.17) is 14.9 Å². The molecule has 1 heterocycles. The molecule has 0 saturated carbocycles. The third-order valence-electron chi connectivity index (χ3n) is 4.72. The minimum atomic E-state index is -0.821. The summed E-state index contributed by atoms with van der Waals surface area (Å²) in [7, 11) is 0. The quantitative estimate of drug-likeness (QED) is 0.597. The Morgan fingerprint density at radius 3 is 2.59 bits per heavy atom. The topological polar surface area (TPSA) is 112 Å². The first kappa shape index (κ1) is 18.9. The lowest BCUT2D eigenvalue weighted by Crippen LogP contribution is -2.45. The van der Waals surface area contributed by atoms with E-state index in [1.165, 1.54) is 17.2 Å². The highest BCUT2D eigenvalue weighted by Gasteiger charge is 2.23. The number of rotatable bonds is 6. The zero-order chi connectivity index (χ0) is 19.6. The fourth-order valence-corrected chi connectivity index (χ4v) is 3.52. The molecule has 27 heavy (non-hydrogen) atoms. The first-order valence-electron chi connectivity index (χ1n) is 9.14. The molecule has 2 aromatic rings. The molecule has 0 radical (unpaired) electrons. The largest absolute Gasteiger partial charge is 0.459 e. The van der Waals surface area contributed by atoms with E-state index >= 15 is 0 Å². The summed E-state index contributed by atoms with van der Waals surface area (Å²) in [6.07, 6.45) is 3.45. The molecule has 0 saturated heterocycles. The molecule has 1 aromatic carbocycles. The third-order valence-corrected chi connectivity index (χ3v) is 4.72. The van der Waals surface area contributed by atoms with Crippen molar-refractivity contribution < 1.29 is 18.7 Å². The second-order valence-electron chi connectivity index (χ2n) is 7.36. The second kappa shape index (κ2) is 7.82. The number of benzene rings is 1. The van der Waals surface area contributed by atoms with Crippen LogP contribution in [0.2, 0.25) is 0 Å². The third kappa shape index (κ3) is 4.48. The summed E-state index contributed by atoms with van der Waals surface area (Å²) >= 11 is 0. The lowest BCUT2D eigenvalue weighted by molar-refractivity contribution is -0.147. The van der Waals surface area contributed by atoms with Gasteiger partial charge in [-0.3, -0.25) is 0 Å². The highest BCUT2D eigenvalue weighted by atomic mass is 16.5. The monoisotopic (exact) mass is 372 g/mol. The zero-order valence-electron chi connectivity index (χ0n) is 15.5. The van der Waals surface area contributed by atoms with Gasteiger partial charge in [0.25, 0.3) is 0 Å². The molecule has 1 aliphatic rings. The summed E-state index contributed by atoms with van der Waals surface area (Å²) in [6.45, 7) is 3.79. The van der Waals surface area contributed by atoms with Crippen molar-refractivity contribution in [3.05, 3.63) is 45.3 Å². The van der Waals surface area contributed by atoms with E-state index in [0.29, 0.717) is 17.6 Å². The predicted molar refractivity (Wildman–Crippen MR) is 100 cm³/mol. The number of hydrogen-bond acceptors (Lipinski definition) is 5. The Kier molecular flexibility index (Phi) is 5.48. The molecule has 0 fully saturated rings. The second-order valence-corrected chi connectivity index (χ2v) is 7.36. The predicted octanol–water partition coefficient (Wildman–Crippen LogP) is 2.41. The Labute approximate surface area is 156 Å². The van der Waals surface area contributed by atoms with E-state index in [0.717, 1.165) is 24.6 Å². The van der Waals surface area contributed by atoms with Gasteiger partial charge in [0.05, 0.1) is 0 Å². The maximum Gasteiger partial charge on any atom is 0.336 e. The van der Waals surface area contributed by atoms with Crippen LogP contribution in [-0.4, -0.2) is 18.0 Å². The van der Waals surface area contributed by atoms with Gasteiger partial charge in [0.1, 0.15) is 18.2 Å². The molecule has 0 unspecified atom stereocenters. The summed E-state index contributed by atoms with van der Waals surface area (Å²) in [4.78, 5) is 35.4. The minimum Gasteiger partial charge on any atom is -0.459 e. The molecule has 1 atom stereocenters. The summed E-state index contributed by atoms with van der Waals surface area (Å²) in [5.41, 5.74) is 8.19. The number of aryl methyl sites for hydroxylation is 2. The maximum atomic E-state index is 12.4. The number of urea groups is 1. The Bertz CT molecular complexity index is 932. The molecular weight excluding hydrogens is 348 g/mol. The van der Waals surface area contributed by atoms with Gasteiger partial charge in [-0.2, -0.15) is 0 Å². The molecule has 7 nitrogen and oxygen atoms in total. The Morgan fingerprint density at radius 2 is 1.93 bits per heavy atom. The van der Waals surface area contributed by atoms with Crippen LogP contribution in [0.1, 0.15) is 43.4 Å². The number of fused-ring (bicyclic) bond motifs is 2. The van der Waals surface area contributed by atoms with Gasteiger partial charge < -0.3 is 20.2 Å². The number of primary amides is 1. The van der Waals surface area contributed by atoms with Gasteiger partial charge in [-0.1, -0.05) is 13.8 Å². The van der Waals surface area contributed by atoms with Gasteiger partial charge >= 0.3 is 17.6 Å². The van der Waals surface area contributed by atoms with Crippen molar-refractivity contribution >= 4 is 23.0 Å².